The molecule has 0 saturated carbocycles. The van der Waals surface area contributed by atoms with Crippen LogP contribution in [0.1, 0.15) is 25.5 Å². The van der Waals surface area contributed by atoms with Gasteiger partial charge < -0.3 is 10.0 Å². The van der Waals surface area contributed by atoms with E-state index in [0.29, 0.717) is 12.1 Å². The molecule has 2 aromatic rings. The van der Waals surface area contributed by atoms with Crippen molar-refractivity contribution in [1.29, 1.82) is 0 Å². The normalized spacial score (nSPS) is 12.1. The Morgan fingerprint density at radius 1 is 1.15 bits per heavy atom. The molecule has 0 radical (unpaired) electrons. The number of hydrogen-bond acceptors (Lipinski definition) is 2. The fourth-order valence-corrected chi connectivity index (χ4v) is 2.51. The highest BCUT2D eigenvalue weighted by atomic mass is 16.4. The summed E-state index contributed by atoms with van der Waals surface area (Å²) >= 11 is 0. The molecular weight excluding hydrogens is 254 g/mol. The molecule has 1 N–H and O–H groups in total. The molecule has 2 aromatic carbocycles. The van der Waals surface area contributed by atoms with E-state index in [9.17, 15) is 14.7 Å². The second kappa shape index (κ2) is 5.74. The van der Waals surface area contributed by atoms with E-state index in [0.717, 1.165) is 10.8 Å². The minimum absolute atomic E-state index is 0.243. The Balaban J connectivity index is 2.63. The molecule has 0 saturated heterocycles. The van der Waals surface area contributed by atoms with Crippen LogP contribution in [-0.4, -0.2) is 28.4 Å². The van der Waals surface area contributed by atoms with Gasteiger partial charge in [0, 0.05) is 13.5 Å². The minimum atomic E-state index is -1.02. The molecule has 104 valence electrons. The number of fused-ring (bicyclic) bond motifs is 1. The fraction of sp³-hybridized carbons (Fsp3) is 0.250. The van der Waals surface area contributed by atoms with E-state index in [1.54, 1.807) is 13.0 Å². The van der Waals surface area contributed by atoms with Gasteiger partial charge >= 0.3 is 5.97 Å². The van der Waals surface area contributed by atoms with Crippen LogP contribution >= 0.6 is 0 Å². The molecule has 0 heterocycles. The van der Waals surface area contributed by atoms with Crippen molar-refractivity contribution >= 4 is 22.6 Å². The summed E-state index contributed by atoms with van der Waals surface area (Å²) in [6.07, 6.45) is 0. The highest BCUT2D eigenvalue weighted by molar-refractivity contribution is 5.92. The molecule has 1 atom stereocenters. The van der Waals surface area contributed by atoms with Crippen LogP contribution in [0.5, 0.6) is 0 Å². The van der Waals surface area contributed by atoms with E-state index < -0.39 is 12.0 Å². The first-order valence-corrected chi connectivity index (χ1v) is 6.54. The summed E-state index contributed by atoms with van der Waals surface area (Å²) < 4.78 is 0. The number of benzene rings is 2. The van der Waals surface area contributed by atoms with Crippen LogP contribution in [0.25, 0.3) is 10.8 Å². The molecule has 1 unspecified atom stereocenters. The molecule has 0 bridgehead atoms. The Bertz CT molecular complexity index is 646. The third kappa shape index (κ3) is 2.50. The molecule has 2 rings (SSSR count). The molecule has 0 fully saturated rings. The van der Waals surface area contributed by atoms with Gasteiger partial charge in [-0.1, -0.05) is 42.5 Å². The maximum Gasteiger partial charge on any atom is 0.331 e. The number of hydrogen-bond donors (Lipinski definition) is 1. The Morgan fingerprint density at radius 2 is 1.80 bits per heavy atom. The molecule has 0 aromatic heterocycles. The number of carboxylic acid groups (broad SMARTS) is 1. The van der Waals surface area contributed by atoms with Crippen LogP contribution in [0.2, 0.25) is 0 Å². The summed E-state index contributed by atoms with van der Waals surface area (Å²) in [6.45, 7) is 3.53. The highest BCUT2D eigenvalue weighted by Gasteiger charge is 2.29. The van der Waals surface area contributed by atoms with Gasteiger partial charge in [-0.05, 0) is 23.3 Å². The number of likely N-dealkylation sites (N-methyl/N-ethyl adjacent to an activating group) is 1. The van der Waals surface area contributed by atoms with E-state index in [-0.39, 0.29) is 5.91 Å². The number of carbonyl (C=O) groups is 2. The summed E-state index contributed by atoms with van der Waals surface area (Å²) in [7, 11) is 0. The minimum Gasteiger partial charge on any atom is -0.479 e. The smallest absolute Gasteiger partial charge is 0.331 e. The summed E-state index contributed by atoms with van der Waals surface area (Å²) in [5, 5.41) is 11.4. The van der Waals surface area contributed by atoms with Gasteiger partial charge in [-0.3, -0.25) is 4.79 Å². The van der Waals surface area contributed by atoms with Gasteiger partial charge in [0.15, 0.2) is 6.04 Å². The van der Waals surface area contributed by atoms with Crippen molar-refractivity contribution in [2.24, 2.45) is 0 Å². The first-order chi connectivity index (χ1) is 9.56. The molecule has 0 aliphatic carbocycles. The standard InChI is InChI=1S/C16H17NO3/c1-3-17(11(2)18)15(16(19)20)14-10-6-8-12-7-4-5-9-13(12)14/h4-10,15H,3H2,1-2H3,(H,19,20). The lowest BCUT2D eigenvalue weighted by atomic mass is 9.97. The Morgan fingerprint density at radius 3 is 2.40 bits per heavy atom. The highest BCUT2D eigenvalue weighted by Crippen LogP contribution is 2.28. The van der Waals surface area contributed by atoms with Crippen molar-refractivity contribution in [2.45, 2.75) is 19.9 Å². The second-order valence-corrected chi connectivity index (χ2v) is 4.61. The Hall–Kier alpha value is -2.36. The van der Waals surface area contributed by atoms with Gasteiger partial charge in [0.2, 0.25) is 5.91 Å². The number of carbonyl (C=O) groups excluding carboxylic acids is 1. The van der Waals surface area contributed by atoms with E-state index in [1.165, 1.54) is 11.8 Å². The molecule has 4 heteroatoms. The monoisotopic (exact) mass is 271 g/mol. The van der Waals surface area contributed by atoms with Crippen LogP contribution in [0.15, 0.2) is 42.5 Å². The quantitative estimate of drug-likeness (QED) is 0.930. The van der Waals surface area contributed by atoms with Crippen LogP contribution in [0, 0.1) is 0 Å². The van der Waals surface area contributed by atoms with Crippen molar-refractivity contribution in [2.75, 3.05) is 6.54 Å². The van der Waals surface area contributed by atoms with Crippen molar-refractivity contribution < 1.29 is 14.7 Å². The molecule has 4 nitrogen and oxygen atoms in total. The van der Waals surface area contributed by atoms with Crippen molar-refractivity contribution in [3.8, 4) is 0 Å². The molecule has 0 aliphatic rings. The lowest BCUT2D eigenvalue weighted by molar-refractivity contribution is -0.149. The van der Waals surface area contributed by atoms with Crippen LogP contribution in [0.3, 0.4) is 0 Å². The third-order valence-corrected chi connectivity index (χ3v) is 3.41. The van der Waals surface area contributed by atoms with E-state index in [1.807, 2.05) is 36.4 Å². The molecule has 1 amide bonds. The first-order valence-electron chi connectivity index (χ1n) is 6.54. The van der Waals surface area contributed by atoms with Gasteiger partial charge in [-0.25, -0.2) is 4.79 Å². The van der Waals surface area contributed by atoms with Crippen LogP contribution in [-0.2, 0) is 9.59 Å². The Kier molecular flexibility index (Phi) is 4.03. The molecule has 0 spiro atoms. The average Bonchev–Trinajstić information content (AvgIpc) is 2.43. The predicted molar refractivity (Wildman–Crippen MR) is 77.4 cm³/mol. The third-order valence-electron chi connectivity index (χ3n) is 3.41. The molecule has 20 heavy (non-hydrogen) atoms. The number of rotatable bonds is 4. The van der Waals surface area contributed by atoms with Gasteiger partial charge in [0.05, 0.1) is 0 Å². The van der Waals surface area contributed by atoms with E-state index in [4.69, 9.17) is 0 Å². The number of nitrogens with zero attached hydrogens (tertiary/aromatic N) is 1. The zero-order valence-corrected chi connectivity index (χ0v) is 11.5. The lowest BCUT2D eigenvalue weighted by Gasteiger charge is -2.27. The number of amides is 1. The van der Waals surface area contributed by atoms with Crippen molar-refractivity contribution in [3.63, 3.8) is 0 Å². The topological polar surface area (TPSA) is 57.6 Å². The van der Waals surface area contributed by atoms with Gasteiger partial charge in [-0.2, -0.15) is 0 Å². The summed E-state index contributed by atoms with van der Waals surface area (Å²) in [4.78, 5) is 24.7. The van der Waals surface area contributed by atoms with Crippen molar-refractivity contribution in [3.05, 3.63) is 48.0 Å². The maximum atomic E-state index is 11.7. The first kappa shape index (κ1) is 14.1. The fourth-order valence-electron chi connectivity index (χ4n) is 2.51. The van der Waals surface area contributed by atoms with E-state index in [2.05, 4.69) is 0 Å². The average molecular weight is 271 g/mol. The zero-order valence-electron chi connectivity index (χ0n) is 11.5. The Labute approximate surface area is 117 Å². The van der Waals surface area contributed by atoms with Crippen molar-refractivity contribution in [1.82, 2.24) is 4.90 Å². The summed E-state index contributed by atoms with van der Waals surface area (Å²) in [6, 6.07) is 12.2. The lowest BCUT2D eigenvalue weighted by Crippen LogP contribution is -2.37. The van der Waals surface area contributed by atoms with Crippen LogP contribution in [0.4, 0.5) is 0 Å². The molecular formula is C16H17NO3. The maximum absolute atomic E-state index is 11.7. The molecule has 0 aliphatic heterocycles. The zero-order chi connectivity index (χ0) is 14.7. The number of carboxylic acids is 1. The number of aliphatic carboxylic acids is 1. The van der Waals surface area contributed by atoms with Gasteiger partial charge in [-0.15, -0.1) is 0 Å². The van der Waals surface area contributed by atoms with E-state index >= 15 is 0 Å². The summed E-state index contributed by atoms with van der Waals surface area (Å²) in [5.74, 6) is -1.26. The largest absolute Gasteiger partial charge is 0.479 e. The summed E-state index contributed by atoms with van der Waals surface area (Å²) in [5.41, 5.74) is 0.646. The van der Waals surface area contributed by atoms with Crippen LogP contribution < -0.4 is 0 Å². The SMILES string of the molecule is CCN(C(C)=O)C(C(=O)O)c1cccc2ccccc12. The van der Waals surface area contributed by atoms with Gasteiger partial charge in [0.25, 0.3) is 0 Å². The van der Waals surface area contributed by atoms with Gasteiger partial charge in [0.1, 0.15) is 0 Å². The second-order valence-electron chi connectivity index (χ2n) is 4.61. The predicted octanol–water partition coefficient (Wildman–Crippen LogP) is 2.83.